The number of sulfonamides is 1. The maximum atomic E-state index is 13.8. The molecule has 0 saturated carbocycles. The maximum absolute atomic E-state index is 13.8. The van der Waals surface area contributed by atoms with Crippen LogP contribution in [0.4, 0.5) is 0 Å². The Morgan fingerprint density at radius 3 is 2.28 bits per heavy atom. The molecule has 10 nitrogen and oxygen atoms in total. The predicted octanol–water partition coefficient (Wildman–Crippen LogP) is 5.71. The van der Waals surface area contributed by atoms with Crippen LogP contribution in [0.3, 0.4) is 0 Å². The Hall–Kier alpha value is -2.64. The number of amides is 1. The normalized spacial score (nSPS) is 12.8. The van der Waals surface area contributed by atoms with E-state index in [1.165, 1.54) is 28.2 Å². The van der Waals surface area contributed by atoms with Crippen molar-refractivity contribution >= 4 is 50.8 Å². The first-order chi connectivity index (χ1) is 18.6. The summed E-state index contributed by atoms with van der Waals surface area (Å²) in [5.41, 5.74) is 1.71. The minimum absolute atomic E-state index is 0.0472. The van der Waals surface area contributed by atoms with Gasteiger partial charge in [-0.1, -0.05) is 34.1 Å². The zero-order valence-electron chi connectivity index (χ0n) is 21.0. The van der Waals surface area contributed by atoms with Crippen molar-refractivity contribution in [3.8, 4) is 16.3 Å². The molecule has 1 atom stereocenters. The predicted molar refractivity (Wildman–Crippen MR) is 153 cm³/mol. The van der Waals surface area contributed by atoms with E-state index in [2.05, 4.69) is 26.3 Å². The standard InChI is InChI=1S/C25H26BrN4O6PS2/c1-3-35-37(32,36-4-2)25(17-7-9-18(26)10-8-17)28-24(31)21-16-22(23-6-5-15-38-23)30(29-21)19-11-13-20(14-12-19)39(27,33)34/h5-16,25H,3-4H2,1-2H3,(H,28,31)(H2,27,33,34). The van der Waals surface area contributed by atoms with E-state index in [9.17, 15) is 17.8 Å². The second-order valence-electron chi connectivity index (χ2n) is 8.15. The summed E-state index contributed by atoms with van der Waals surface area (Å²) in [6.45, 7) is 3.63. The molecule has 0 radical (unpaired) electrons. The Labute approximate surface area is 238 Å². The third-order valence-electron chi connectivity index (χ3n) is 5.51. The van der Waals surface area contributed by atoms with Crippen molar-refractivity contribution in [2.45, 2.75) is 24.5 Å². The minimum atomic E-state index is -3.87. The van der Waals surface area contributed by atoms with Crippen LogP contribution in [-0.4, -0.2) is 37.3 Å². The molecule has 4 aromatic rings. The fraction of sp³-hybridized carbons (Fsp3) is 0.200. The molecule has 39 heavy (non-hydrogen) atoms. The molecule has 4 rings (SSSR count). The van der Waals surface area contributed by atoms with E-state index in [0.717, 1.165) is 9.35 Å². The smallest absolute Gasteiger partial charge is 0.333 e. The fourth-order valence-electron chi connectivity index (χ4n) is 3.80. The highest BCUT2D eigenvalue weighted by Crippen LogP contribution is 2.59. The van der Waals surface area contributed by atoms with Crippen molar-refractivity contribution in [1.82, 2.24) is 15.1 Å². The summed E-state index contributed by atoms with van der Waals surface area (Å²) in [4.78, 5) is 14.4. The second kappa shape index (κ2) is 12.3. The van der Waals surface area contributed by atoms with E-state index in [-0.39, 0.29) is 23.8 Å². The summed E-state index contributed by atoms with van der Waals surface area (Å²) in [6, 6.07) is 18.2. The zero-order valence-corrected chi connectivity index (χ0v) is 25.1. The van der Waals surface area contributed by atoms with Crippen LogP contribution in [0, 0.1) is 0 Å². The first kappa shape index (κ1) is 29.3. The van der Waals surface area contributed by atoms with Crippen LogP contribution in [0.5, 0.6) is 0 Å². The van der Waals surface area contributed by atoms with Gasteiger partial charge in [-0.25, -0.2) is 18.2 Å². The minimum Gasteiger partial charge on any atom is -0.333 e. The van der Waals surface area contributed by atoms with Crippen LogP contribution in [-0.2, 0) is 23.6 Å². The number of hydrogen-bond donors (Lipinski definition) is 2. The molecule has 0 saturated heterocycles. The van der Waals surface area contributed by atoms with Crippen LogP contribution in [0.15, 0.2) is 81.5 Å². The number of nitrogens with two attached hydrogens (primary N) is 1. The lowest BCUT2D eigenvalue weighted by atomic mass is 10.2. The average Bonchev–Trinajstić information content (AvgIpc) is 3.58. The monoisotopic (exact) mass is 652 g/mol. The molecule has 2 aromatic carbocycles. The highest BCUT2D eigenvalue weighted by molar-refractivity contribution is 9.10. The largest absolute Gasteiger partial charge is 0.357 e. The van der Waals surface area contributed by atoms with Gasteiger partial charge in [-0.05, 0) is 73.3 Å². The number of carbonyl (C=O) groups excluding carboxylic acids is 1. The number of benzene rings is 2. The van der Waals surface area contributed by atoms with Gasteiger partial charge in [-0.3, -0.25) is 9.36 Å². The second-order valence-corrected chi connectivity index (χ2v) is 13.7. The van der Waals surface area contributed by atoms with Crippen LogP contribution in [0.2, 0.25) is 0 Å². The summed E-state index contributed by atoms with van der Waals surface area (Å²) < 4.78 is 50.7. The van der Waals surface area contributed by atoms with E-state index in [4.69, 9.17) is 14.2 Å². The van der Waals surface area contributed by atoms with Gasteiger partial charge in [0.05, 0.1) is 34.4 Å². The SMILES string of the molecule is CCOP(=O)(OCC)C(NC(=O)c1cc(-c2cccs2)n(-c2ccc(S(N)(=O)=O)cc2)n1)c1ccc(Br)cc1. The third-order valence-corrected chi connectivity index (χ3v) is 10.2. The number of halogens is 1. The van der Waals surface area contributed by atoms with Crippen molar-refractivity contribution in [3.05, 3.63) is 87.8 Å². The third kappa shape index (κ3) is 6.75. The molecule has 2 heterocycles. The number of aromatic nitrogens is 2. The molecule has 1 unspecified atom stereocenters. The molecule has 14 heteroatoms. The maximum Gasteiger partial charge on any atom is 0.357 e. The van der Waals surface area contributed by atoms with Crippen molar-refractivity contribution in [1.29, 1.82) is 0 Å². The fourth-order valence-corrected chi connectivity index (χ4v) is 7.21. The lowest BCUT2D eigenvalue weighted by molar-refractivity contribution is 0.0931. The van der Waals surface area contributed by atoms with E-state index >= 15 is 0 Å². The number of carbonyl (C=O) groups is 1. The van der Waals surface area contributed by atoms with Gasteiger partial charge in [0.15, 0.2) is 11.5 Å². The number of rotatable bonds is 11. The van der Waals surface area contributed by atoms with Crippen molar-refractivity contribution in [3.63, 3.8) is 0 Å². The van der Waals surface area contributed by atoms with Gasteiger partial charge in [0.1, 0.15) is 0 Å². The molecule has 0 aliphatic rings. The van der Waals surface area contributed by atoms with Crippen LogP contribution in [0.1, 0.15) is 35.7 Å². The molecule has 0 bridgehead atoms. The van der Waals surface area contributed by atoms with Gasteiger partial charge in [-0.2, -0.15) is 5.10 Å². The van der Waals surface area contributed by atoms with E-state index in [0.29, 0.717) is 16.9 Å². The number of nitrogens with one attached hydrogen (secondary N) is 1. The van der Waals surface area contributed by atoms with E-state index in [1.807, 2.05) is 17.5 Å². The lowest BCUT2D eigenvalue weighted by Gasteiger charge is -2.27. The van der Waals surface area contributed by atoms with Crippen LogP contribution < -0.4 is 10.5 Å². The van der Waals surface area contributed by atoms with Crippen molar-refractivity contribution < 1.29 is 26.8 Å². The number of nitrogens with zero attached hydrogens (tertiary/aromatic N) is 2. The number of hydrogen-bond acceptors (Lipinski definition) is 8. The van der Waals surface area contributed by atoms with Gasteiger partial charge in [0.25, 0.3) is 5.91 Å². The number of thiophene rings is 1. The molecular weight excluding hydrogens is 627 g/mol. The summed E-state index contributed by atoms with van der Waals surface area (Å²) in [6.07, 6.45) is 0. The topological polar surface area (TPSA) is 143 Å². The Kier molecular flexibility index (Phi) is 9.22. The molecule has 0 fully saturated rings. The zero-order chi connectivity index (χ0) is 28.2. The van der Waals surface area contributed by atoms with E-state index in [1.54, 1.807) is 56.3 Å². The Morgan fingerprint density at radius 1 is 1.10 bits per heavy atom. The Balaban J connectivity index is 1.75. The molecule has 0 aliphatic heterocycles. The van der Waals surface area contributed by atoms with Gasteiger partial charge < -0.3 is 14.4 Å². The van der Waals surface area contributed by atoms with E-state index < -0.39 is 29.3 Å². The molecule has 2 aromatic heterocycles. The lowest BCUT2D eigenvalue weighted by Crippen LogP contribution is -2.30. The summed E-state index contributed by atoms with van der Waals surface area (Å²) >= 11 is 4.84. The van der Waals surface area contributed by atoms with Crippen molar-refractivity contribution in [2.24, 2.45) is 5.14 Å². The van der Waals surface area contributed by atoms with Crippen LogP contribution in [0.25, 0.3) is 16.3 Å². The first-order valence-electron chi connectivity index (χ1n) is 11.8. The highest BCUT2D eigenvalue weighted by atomic mass is 79.9. The van der Waals surface area contributed by atoms with Gasteiger partial charge in [0, 0.05) is 4.47 Å². The Bertz CT molecular complexity index is 1580. The molecular formula is C25H26BrN4O6PS2. The highest BCUT2D eigenvalue weighted by Gasteiger charge is 2.39. The summed E-state index contributed by atoms with van der Waals surface area (Å²) in [7, 11) is -7.70. The Morgan fingerprint density at radius 2 is 1.74 bits per heavy atom. The summed E-state index contributed by atoms with van der Waals surface area (Å²) in [5, 5.41) is 14.4. The molecule has 206 valence electrons. The van der Waals surface area contributed by atoms with Gasteiger partial charge >= 0.3 is 7.60 Å². The van der Waals surface area contributed by atoms with Crippen LogP contribution >= 0.6 is 34.9 Å². The van der Waals surface area contributed by atoms with Gasteiger partial charge in [0.2, 0.25) is 10.0 Å². The van der Waals surface area contributed by atoms with Gasteiger partial charge in [-0.15, -0.1) is 11.3 Å². The molecule has 0 spiro atoms. The molecule has 1 amide bonds. The molecule has 0 aliphatic carbocycles. The van der Waals surface area contributed by atoms with Crippen molar-refractivity contribution in [2.75, 3.05) is 13.2 Å². The summed E-state index contributed by atoms with van der Waals surface area (Å²) in [5.74, 6) is -1.69. The quantitative estimate of drug-likeness (QED) is 0.198. The molecule has 3 N–H and O–H groups in total. The number of primary sulfonamides is 1. The average molecular weight is 654 g/mol. The first-order valence-corrected chi connectivity index (χ1v) is 16.6.